The molecular formula is C20H27N5O2. The van der Waals surface area contributed by atoms with Gasteiger partial charge in [-0.2, -0.15) is 0 Å². The van der Waals surface area contributed by atoms with Crippen molar-refractivity contribution < 1.29 is 9.59 Å². The molecule has 0 saturated carbocycles. The number of pyridine rings is 1. The molecule has 27 heavy (non-hydrogen) atoms. The number of rotatable bonds is 7. The fraction of sp³-hybridized carbons (Fsp3) is 0.350. The van der Waals surface area contributed by atoms with Crippen LogP contribution in [0.15, 0.2) is 42.6 Å². The summed E-state index contributed by atoms with van der Waals surface area (Å²) in [5.41, 5.74) is 8.24. The fourth-order valence-corrected chi connectivity index (χ4v) is 2.51. The van der Waals surface area contributed by atoms with Gasteiger partial charge in [-0.05, 0) is 37.0 Å². The molecule has 7 nitrogen and oxygen atoms in total. The smallest absolute Gasteiger partial charge is 0.315 e. The minimum absolute atomic E-state index is 0.239. The number of nitrogen functional groups attached to an aromatic ring is 1. The van der Waals surface area contributed by atoms with Crippen LogP contribution in [-0.4, -0.2) is 23.0 Å². The van der Waals surface area contributed by atoms with Crippen LogP contribution in [0.3, 0.4) is 0 Å². The average Bonchev–Trinajstić information content (AvgIpc) is 2.62. The molecular weight excluding hydrogens is 342 g/mol. The molecule has 3 amide bonds. The zero-order valence-electron chi connectivity index (χ0n) is 16.0. The van der Waals surface area contributed by atoms with E-state index in [1.165, 1.54) is 6.20 Å². The van der Waals surface area contributed by atoms with Gasteiger partial charge in [-0.3, -0.25) is 4.79 Å². The predicted octanol–water partition coefficient (Wildman–Crippen LogP) is 2.82. The highest BCUT2D eigenvalue weighted by atomic mass is 16.2. The van der Waals surface area contributed by atoms with Crippen molar-refractivity contribution in [2.24, 2.45) is 5.92 Å². The first-order chi connectivity index (χ1) is 12.8. The van der Waals surface area contributed by atoms with E-state index in [4.69, 9.17) is 5.73 Å². The molecule has 0 radical (unpaired) electrons. The Labute approximate surface area is 159 Å². The molecule has 1 aromatic carbocycles. The van der Waals surface area contributed by atoms with Crippen molar-refractivity contribution in [1.82, 2.24) is 15.6 Å². The van der Waals surface area contributed by atoms with E-state index < -0.39 is 6.04 Å². The molecule has 0 fully saturated rings. The van der Waals surface area contributed by atoms with Gasteiger partial charge in [0.15, 0.2) is 0 Å². The molecule has 1 unspecified atom stereocenters. The van der Waals surface area contributed by atoms with Gasteiger partial charge in [0, 0.05) is 6.54 Å². The van der Waals surface area contributed by atoms with Crippen molar-refractivity contribution in [3.8, 4) is 0 Å². The molecule has 1 heterocycles. The van der Waals surface area contributed by atoms with Crippen LogP contribution in [0.1, 0.15) is 31.4 Å². The van der Waals surface area contributed by atoms with Crippen molar-refractivity contribution in [3.05, 3.63) is 53.7 Å². The number of carbonyl (C=O) groups excluding carboxylic acids is 2. The van der Waals surface area contributed by atoms with Crippen molar-refractivity contribution in [2.45, 2.75) is 39.8 Å². The van der Waals surface area contributed by atoms with Crippen LogP contribution in [0.5, 0.6) is 0 Å². The van der Waals surface area contributed by atoms with Crippen LogP contribution in [0, 0.1) is 12.8 Å². The first-order valence-corrected chi connectivity index (χ1v) is 8.96. The lowest BCUT2D eigenvalue weighted by Gasteiger charge is -2.20. The van der Waals surface area contributed by atoms with E-state index in [1.807, 2.05) is 45.0 Å². The van der Waals surface area contributed by atoms with E-state index >= 15 is 0 Å². The standard InChI is InChI=1S/C20H27N5O2/c1-13(2)10-17(19(26)24-16-8-9-18(21)22-12-16)25-20(27)23-11-15-6-4-14(3)5-7-15/h4-9,12-13,17H,10-11H2,1-3H3,(H2,21,22)(H,24,26)(H2,23,25,27). The zero-order chi connectivity index (χ0) is 19.8. The second kappa shape index (κ2) is 9.56. The molecule has 5 N–H and O–H groups in total. The Morgan fingerprint density at radius 1 is 1.11 bits per heavy atom. The fourth-order valence-electron chi connectivity index (χ4n) is 2.51. The molecule has 2 rings (SSSR count). The van der Waals surface area contributed by atoms with Gasteiger partial charge in [-0.15, -0.1) is 0 Å². The number of aromatic nitrogens is 1. The van der Waals surface area contributed by atoms with Crippen LogP contribution in [0.25, 0.3) is 0 Å². The SMILES string of the molecule is Cc1ccc(CNC(=O)NC(CC(C)C)C(=O)Nc2ccc(N)nc2)cc1. The summed E-state index contributed by atoms with van der Waals surface area (Å²) in [7, 11) is 0. The number of amides is 3. The Balaban J connectivity index is 1.93. The summed E-state index contributed by atoms with van der Waals surface area (Å²) < 4.78 is 0. The third-order valence-electron chi connectivity index (χ3n) is 3.96. The van der Waals surface area contributed by atoms with Gasteiger partial charge >= 0.3 is 6.03 Å². The van der Waals surface area contributed by atoms with Crippen LogP contribution in [0.2, 0.25) is 0 Å². The van der Waals surface area contributed by atoms with Crippen LogP contribution in [-0.2, 0) is 11.3 Å². The summed E-state index contributed by atoms with van der Waals surface area (Å²) in [6.07, 6.45) is 2.00. The monoisotopic (exact) mass is 369 g/mol. The number of nitrogens with two attached hydrogens (primary N) is 1. The predicted molar refractivity (Wildman–Crippen MR) is 107 cm³/mol. The molecule has 0 saturated heterocycles. The molecule has 0 aliphatic carbocycles. The first kappa shape index (κ1) is 20.2. The molecule has 2 aromatic rings. The number of benzene rings is 1. The number of urea groups is 1. The zero-order valence-corrected chi connectivity index (χ0v) is 16.0. The Kier molecular flexibility index (Phi) is 7.16. The molecule has 0 spiro atoms. The maximum Gasteiger partial charge on any atom is 0.315 e. The minimum atomic E-state index is -0.652. The lowest BCUT2D eigenvalue weighted by Crippen LogP contribution is -2.48. The molecule has 0 bridgehead atoms. The summed E-state index contributed by atoms with van der Waals surface area (Å²) >= 11 is 0. The highest BCUT2D eigenvalue weighted by Gasteiger charge is 2.22. The minimum Gasteiger partial charge on any atom is -0.384 e. The molecule has 144 valence electrons. The first-order valence-electron chi connectivity index (χ1n) is 8.96. The van der Waals surface area contributed by atoms with Crippen molar-refractivity contribution >= 4 is 23.4 Å². The second-order valence-electron chi connectivity index (χ2n) is 6.96. The Hall–Kier alpha value is -3.09. The topological polar surface area (TPSA) is 109 Å². The van der Waals surface area contributed by atoms with Gasteiger partial charge in [0.25, 0.3) is 0 Å². The Morgan fingerprint density at radius 3 is 2.41 bits per heavy atom. The number of hydrogen-bond donors (Lipinski definition) is 4. The average molecular weight is 369 g/mol. The highest BCUT2D eigenvalue weighted by Crippen LogP contribution is 2.11. The van der Waals surface area contributed by atoms with Gasteiger partial charge in [-0.25, -0.2) is 9.78 Å². The summed E-state index contributed by atoms with van der Waals surface area (Å²) in [5.74, 6) is 0.323. The van der Waals surface area contributed by atoms with E-state index in [2.05, 4.69) is 20.9 Å². The number of hydrogen-bond acceptors (Lipinski definition) is 4. The van der Waals surface area contributed by atoms with Crippen molar-refractivity contribution in [1.29, 1.82) is 0 Å². The largest absolute Gasteiger partial charge is 0.384 e. The highest BCUT2D eigenvalue weighted by molar-refractivity contribution is 5.96. The van der Waals surface area contributed by atoms with Gasteiger partial charge < -0.3 is 21.7 Å². The second-order valence-corrected chi connectivity index (χ2v) is 6.96. The number of carbonyl (C=O) groups is 2. The van der Waals surface area contributed by atoms with Gasteiger partial charge in [0.05, 0.1) is 11.9 Å². The van der Waals surface area contributed by atoms with E-state index in [-0.39, 0.29) is 17.9 Å². The molecule has 7 heteroatoms. The van der Waals surface area contributed by atoms with Gasteiger partial charge in [0.2, 0.25) is 5.91 Å². The number of aryl methyl sites for hydroxylation is 1. The number of nitrogens with zero attached hydrogens (tertiary/aromatic N) is 1. The Bertz CT molecular complexity index is 757. The van der Waals surface area contributed by atoms with Crippen molar-refractivity contribution in [2.75, 3.05) is 11.1 Å². The molecule has 1 aromatic heterocycles. The molecule has 0 aliphatic heterocycles. The molecule has 1 atom stereocenters. The van der Waals surface area contributed by atoms with E-state index in [0.717, 1.165) is 11.1 Å². The van der Waals surface area contributed by atoms with Crippen LogP contribution in [0.4, 0.5) is 16.3 Å². The van der Waals surface area contributed by atoms with Gasteiger partial charge in [0.1, 0.15) is 11.9 Å². The Morgan fingerprint density at radius 2 is 1.81 bits per heavy atom. The number of anilines is 2. The van der Waals surface area contributed by atoms with E-state index in [9.17, 15) is 9.59 Å². The third kappa shape index (κ3) is 6.97. The lowest BCUT2D eigenvalue weighted by molar-refractivity contribution is -0.118. The van der Waals surface area contributed by atoms with Crippen LogP contribution < -0.4 is 21.7 Å². The summed E-state index contributed by atoms with van der Waals surface area (Å²) in [6, 6.07) is 10.1. The lowest BCUT2D eigenvalue weighted by atomic mass is 10.0. The van der Waals surface area contributed by atoms with Crippen molar-refractivity contribution in [3.63, 3.8) is 0 Å². The maximum absolute atomic E-state index is 12.6. The van der Waals surface area contributed by atoms with E-state index in [0.29, 0.717) is 24.5 Å². The maximum atomic E-state index is 12.6. The summed E-state index contributed by atoms with van der Waals surface area (Å²) in [5, 5.41) is 8.30. The summed E-state index contributed by atoms with van der Waals surface area (Å²) in [6.45, 7) is 6.40. The normalized spacial score (nSPS) is 11.7. The summed E-state index contributed by atoms with van der Waals surface area (Å²) in [4.78, 5) is 28.8. The van der Waals surface area contributed by atoms with Gasteiger partial charge in [-0.1, -0.05) is 43.7 Å². The third-order valence-corrected chi connectivity index (χ3v) is 3.96. The number of nitrogens with one attached hydrogen (secondary N) is 3. The van der Waals surface area contributed by atoms with E-state index in [1.54, 1.807) is 12.1 Å². The van der Waals surface area contributed by atoms with Crippen LogP contribution >= 0.6 is 0 Å². The quantitative estimate of drug-likeness (QED) is 0.601. The molecule has 0 aliphatic rings.